The molecule has 3 rings (SSSR count). The highest BCUT2D eigenvalue weighted by atomic mass is 32.2. The first-order valence-corrected chi connectivity index (χ1v) is 9.29. The summed E-state index contributed by atoms with van der Waals surface area (Å²) in [5.74, 6) is -1.06. The van der Waals surface area contributed by atoms with Gasteiger partial charge in [0.25, 0.3) is 0 Å². The van der Waals surface area contributed by atoms with Crippen molar-refractivity contribution in [2.45, 2.75) is 23.3 Å². The van der Waals surface area contributed by atoms with Gasteiger partial charge in [0.1, 0.15) is 5.82 Å². The fraction of sp³-hybridized carbons (Fsp3) is 0.235. The molecule has 24 heavy (non-hydrogen) atoms. The van der Waals surface area contributed by atoms with Crippen LogP contribution in [0.25, 0.3) is 11.1 Å². The Balaban J connectivity index is 1.95. The van der Waals surface area contributed by atoms with Crippen LogP contribution in [0, 0.1) is 5.82 Å². The van der Waals surface area contributed by atoms with E-state index in [1.807, 2.05) is 0 Å². The average molecular weight is 348 g/mol. The standard InChI is InChI=1S/C17H17FN2O3S/c1-24(22,23)15-5-3-2-4-12(15)11-6-7-14(13(18)10-11)20-16(21)17(19)8-9-17/h2-7,10H,8-9,19H2,1H3,(H,20,21). The van der Waals surface area contributed by atoms with Gasteiger partial charge in [-0.15, -0.1) is 0 Å². The first-order valence-electron chi connectivity index (χ1n) is 7.40. The number of carbonyl (C=O) groups excluding carboxylic acids is 1. The second-order valence-corrected chi connectivity index (χ2v) is 8.06. The molecule has 0 heterocycles. The lowest BCUT2D eigenvalue weighted by Gasteiger charge is -2.13. The van der Waals surface area contributed by atoms with Crippen LogP contribution < -0.4 is 11.1 Å². The Bertz CT molecular complexity index is 921. The summed E-state index contributed by atoms with van der Waals surface area (Å²) >= 11 is 0. The molecule has 1 aliphatic carbocycles. The molecule has 7 heteroatoms. The van der Waals surface area contributed by atoms with E-state index in [0.29, 0.717) is 24.0 Å². The largest absolute Gasteiger partial charge is 0.322 e. The number of nitrogens with one attached hydrogen (secondary N) is 1. The third-order valence-corrected chi connectivity index (χ3v) is 5.21. The van der Waals surface area contributed by atoms with Gasteiger partial charge in [0.05, 0.1) is 16.1 Å². The minimum Gasteiger partial charge on any atom is -0.322 e. The molecule has 2 aromatic carbocycles. The van der Waals surface area contributed by atoms with Gasteiger partial charge in [0.2, 0.25) is 5.91 Å². The van der Waals surface area contributed by atoms with Gasteiger partial charge in [0.15, 0.2) is 9.84 Å². The van der Waals surface area contributed by atoms with Crippen LogP contribution in [0.2, 0.25) is 0 Å². The number of sulfone groups is 1. The molecule has 0 spiro atoms. The minimum atomic E-state index is -3.44. The first kappa shape index (κ1) is 16.6. The Morgan fingerprint density at radius 1 is 1.21 bits per heavy atom. The quantitative estimate of drug-likeness (QED) is 0.887. The zero-order valence-electron chi connectivity index (χ0n) is 13.0. The van der Waals surface area contributed by atoms with Crippen molar-refractivity contribution in [3.8, 4) is 11.1 Å². The second-order valence-electron chi connectivity index (χ2n) is 6.07. The lowest BCUT2D eigenvalue weighted by molar-refractivity contribution is -0.118. The van der Waals surface area contributed by atoms with Crippen LogP contribution in [0.1, 0.15) is 12.8 Å². The number of rotatable bonds is 4. The summed E-state index contributed by atoms with van der Waals surface area (Å²) in [4.78, 5) is 12.0. The highest BCUT2D eigenvalue weighted by molar-refractivity contribution is 7.90. The molecule has 1 fully saturated rings. The lowest BCUT2D eigenvalue weighted by Crippen LogP contribution is -2.38. The second kappa shape index (κ2) is 5.68. The number of amides is 1. The van der Waals surface area contributed by atoms with Gasteiger partial charge in [-0.2, -0.15) is 0 Å². The van der Waals surface area contributed by atoms with E-state index in [1.165, 1.54) is 18.2 Å². The average Bonchev–Trinajstić information content (AvgIpc) is 3.27. The molecule has 126 valence electrons. The minimum absolute atomic E-state index is 0.0253. The summed E-state index contributed by atoms with van der Waals surface area (Å²) < 4.78 is 38.1. The maximum Gasteiger partial charge on any atom is 0.244 e. The van der Waals surface area contributed by atoms with Crippen LogP contribution in [-0.4, -0.2) is 26.1 Å². The summed E-state index contributed by atoms with van der Waals surface area (Å²) in [6.07, 6.45) is 2.27. The van der Waals surface area contributed by atoms with Crippen molar-refractivity contribution < 1.29 is 17.6 Å². The molecule has 0 aromatic heterocycles. The lowest BCUT2D eigenvalue weighted by atomic mass is 10.0. The molecule has 3 N–H and O–H groups in total. The molecule has 1 aliphatic rings. The Labute approximate surface area is 139 Å². The third-order valence-electron chi connectivity index (χ3n) is 4.06. The number of benzene rings is 2. The molecule has 1 amide bonds. The van der Waals surface area contributed by atoms with Crippen molar-refractivity contribution in [1.82, 2.24) is 0 Å². The molecular weight excluding hydrogens is 331 g/mol. The van der Waals surface area contributed by atoms with E-state index in [2.05, 4.69) is 5.32 Å². The Hall–Kier alpha value is -2.25. The Kier molecular flexibility index (Phi) is 3.93. The molecule has 0 atom stereocenters. The number of nitrogens with two attached hydrogens (primary N) is 1. The molecule has 0 bridgehead atoms. The van der Waals surface area contributed by atoms with Crippen LogP contribution in [0.3, 0.4) is 0 Å². The van der Waals surface area contributed by atoms with E-state index in [9.17, 15) is 17.6 Å². The number of anilines is 1. The van der Waals surface area contributed by atoms with Crippen LogP contribution in [-0.2, 0) is 14.6 Å². The highest BCUT2D eigenvalue weighted by Crippen LogP contribution is 2.34. The normalized spacial score (nSPS) is 15.8. The highest BCUT2D eigenvalue weighted by Gasteiger charge is 2.46. The van der Waals surface area contributed by atoms with Gasteiger partial charge in [-0.05, 0) is 36.6 Å². The van der Waals surface area contributed by atoms with Gasteiger partial charge in [-0.25, -0.2) is 12.8 Å². The van der Waals surface area contributed by atoms with Crippen molar-refractivity contribution in [2.75, 3.05) is 11.6 Å². The summed E-state index contributed by atoms with van der Waals surface area (Å²) in [6.45, 7) is 0. The molecule has 0 saturated heterocycles. The van der Waals surface area contributed by atoms with Crippen molar-refractivity contribution in [1.29, 1.82) is 0 Å². The SMILES string of the molecule is CS(=O)(=O)c1ccccc1-c1ccc(NC(=O)C2(N)CC2)c(F)c1. The van der Waals surface area contributed by atoms with Gasteiger partial charge in [0, 0.05) is 11.8 Å². The molecule has 2 aromatic rings. The van der Waals surface area contributed by atoms with E-state index in [0.717, 1.165) is 6.26 Å². The predicted octanol–water partition coefficient (Wildman–Crippen LogP) is 2.33. The fourth-order valence-corrected chi connectivity index (χ4v) is 3.33. The van der Waals surface area contributed by atoms with E-state index in [4.69, 9.17) is 5.73 Å². The topological polar surface area (TPSA) is 89.3 Å². The molecular formula is C17H17FN2O3S. The van der Waals surface area contributed by atoms with Gasteiger partial charge in [-0.3, -0.25) is 4.79 Å². The number of halogens is 1. The molecule has 0 aliphatic heterocycles. The summed E-state index contributed by atoms with van der Waals surface area (Å²) in [5, 5.41) is 2.48. The van der Waals surface area contributed by atoms with Crippen molar-refractivity contribution in [2.24, 2.45) is 5.73 Å². The Morgan fingerprint density at radius 3 is 2.46 bits per heavy atom. The maximum absolute atomic E-state index is 14.3. The number of carbonyl (C=O) groups is 1. The van der Waals surface area contributed by atoms with Crippen LogP contribution in [0.5, 0.6) is 0 Å². The molecule has 0 unspecified atom stereocenters. The van der Waals surface area contributed by atoms with Gasteiger partial charge < -0.3 is 11.1 Å². The number of hydrogen-bond acceptors (Lipinski definition) is 4. The van der Waals surface area contributed by atoms with Crippen molar-refractivity contribution in [3.05, 3.63) is 48.3 Å². The molecule has 1 saturated carbocycles. The van der Waals surface area contributed by atoms with E-state index in [-0.39, 0.29) is 10.6 Å². The van der Waals surface area contributed by atoms with Gasteiger partial charge >= 0.3 is 0 Å². The van der Waals surface area contributed by atoms with Crippen molar-refractivity contribution in [3.63, 3.8) is 0 Å². The predicted molar refractivity (Wildman–Crippen MR) is 89.7 cm³/mol. The third kappa shape index (κ3) is 3.18. The van der Waals surface area contributed by atoms with Crippen LogP contribution >= 0.6 is 0 Å². The fourth-order valence-electron chi connectivity index (χ4n) is 2.42. The monoisotopic (exact) mass is 348 g/mol. The van der Waals surface area contributed by atoms with E-state index in [1.54, 1.807) is 24.3 Å². The van der Waals surface area contributed by atoms with E-state index < -0.39 is 27.1 Å². The van der Waals surface area contributed by atoms with Crippen LogP contribution in [0.4, 0.5) is 10.1 Å². The summed E-state index contributed by atoms with van der Waals surface area (Å²) in [6, 6.07) is 10.6. The van der Waals surface area contributed by atoms with Crippen molar-refractivity contribution >= 4 is 21.4 Å². The molecule has 5 nitrogen and oxygen atoms in total. The maximum atomic E-state index is 14.3. The zero-order chi connectivity index (χ0) is 17.5. The first-order chi connectivity index (χ1) is 11.2. The zero-order valence-corrected chi connectivity index (χ0v) is 13.9. The molecule has 0 radical (unpaired) electrons. The number of hydrogen-bond donors (Lipinski definition) is 2. The summed E-state index contributed by atoms with van der Waals surface area (Å²) in [5.41, 5.74) is 5.73. The van der Waals surface area contributed by atoms with Gasteiger partial charge in [-0.1, -0.05) is 24.3 Å². The smallest absolute Gasteiger partial charge is 0.244 e. The van der Waals surface area contributed by atoms with Crippen LogP contribution in [0.15, 0.2) is 47.4 Å². The Morgan fingerprint density at radius 2 is 1.88 bits per heavy atom. The summed E-state index contributed by atoms with van der Waals surface area (Å²) in [7, 11) is -3.44. The van der Waals surface area contributed by atoms with E-state index >= 15 is 0 Å².